The van der Waals surface area contributed by atoms with Gasteiger partial charge in [-0.05, 0) is 42.7 Å². The molecule has 0 saturated heterocycles. The van der Waals surface area contributed by atoms with Gasteiger partial charge in [0.05, 0.1) is 0 Å². The van der Waals surface area contributed by atoms with Gasteiger partial charge in [0.2, 0.25) is 0 Å². The Morgan fingerprint density at radius 2 is 1.75 bits per heavy atom. The summed E-state index contributed by atoms with van der Waals surface area (Å²) < 4.78 is 0. The second kappa shape index (κ2) is 7.27. The molecule has 0 bridgehead atoms. The summed E-state index contributed by atoms with van der Waals surface area (Å²) in [4.78, 5) is 0. The molecule has 0 atom stereocenters. The van der Waals surface area contributed by atoms with E-state index in [-0.39, 0.29) is 0 Å². The molecule has 1 aromatic carbocycles. The second-order valence-electron chi connectivity index (χ2n) is 4.78. The van der Waals surface area contributed by atoms with Gasteiger partial charge in [0, 0.05) is 0 Å². The van der Waals surface area contributed by atoms with Gasteiger partial charge >= 0.3 is 0 Å². The summed E-state index contributed by atoms with van der Waals surface area (Å²) in [6, 6.07) is 9.10. The molecule has 0 amide bonds. The highest BCUT2D eigenvalue weighted by Gasteiger charge is 1.98. The maximum atomic E-state index is 3.74. The molecule has 0 nitrogen and oxygen atoms in total. The number of hydrogen-bond donors (Lipinski definition) is 0. The van der Waals surface area contributed by atoms with E-state index in [0.717, 1.165) is 6.42 Å². The van der Waals surface area contributed by atoms with Crippen molar-refractivity contribution in [2.75, 3.05) is 0 Å². The van der Waals surface area contributed by atoms with Crippen LogP contribution in [0.4, 0.5) is 0 Å². The Kier molecular flexibility index (Phi) is 5.92. The average molecular weight is 216 g/mol. The van der Waals surface area contributed by atoms with Crippen molar-refractivity contribution >= 4 is 0 Å². The van der Waals surface area contributed by atoms with Crippen molar-refractivity contribution in [2.24, 2.45) is 0 Å². The molecule has 0 aliphatic carbocycles. The molecule has 0 heterocycles. The maximum absolute atomic E-state index is 3.74. The minimum Gasteiger partial charge on any atom is -0.103 e. The Hall–Kier alpha value is -1.04. The largest absolute Gasteiger partial charge is 0.103 e. The number of benzene rings is 1. The summed E-state index contributed by atoms with van der Waals surface area (Å²) in [5.41, 5.74) is 2.92. The normalized spacial score (nSPS) is 10.7. The Balaban J connectivity index is 2.29. The molecule has 0 aromatic heterocycles. The molecule has 0 N–H and O–H groups in total. The zero-order chi connectivity index (χ0) is 11.8. The lowest BCUT2D eigenvalue weighted by atomic mass is 9.99. The van der Waals surface area contributed by atoms with Crippen LogP contribution in [0, 0.1) is 0 Å². The lowest BCUT2D eigenvalue weighted by molar-refractivity contribution is 0.687. The van der Waals surface area contributed by atoms with E-state index >= 15 is 0 Å². The highest BCUT2D eigenvalue weighted by molar-refractivity contribution is 5.24. The smallest absolute Gasteiger partial charge is 0.0219 e. The van der Waals surface area contributed by atoms with Crippen molar-refractivity contribution in [3.8, 4) is 0 Å². The topological polar surface area (TPSA) is 0 Å². The van der Waals surface area contributed by atoms with Crippen molar-refractivity contribution in [1.82, 2.24) is 0 Å². The number of aryl methyl sites for hydroxylation is 1. The third kappa shape index (κ3) is 4.65. The first-order valence-electron chi connectivity index (χ1n) is 6.43. The lowest BCUT2D eigenvalue weighted by Gasteiger charge is -2.06. The van der Waals surface area contributed by atoms with Crippen molar-refractivity contribution in [3.05, 3.63) is 48.0 Å². The SMILES string of the molecule is C=CCCCCCc1ccc(C(C)C)cc1. The third-order valence-electron chi connectivity index (χ3n) is 3.02. The fourth-order valence-electron chi connectivity index (χ4n) is 1.86. The highest BCUT2D eigenvalue weighted by atomic mass is 14.0. The molecule has 0 saturated carbocycles. The van der Waals surface area contributed by atoms with Crippen molar-refractivity contribution < 1.29 is 0 Å². The molecule has 16 heavy (non-hydrogen) atoms. The third-order valence-corrected chi connectivity index (χ3v) is 3.02. The predicted molar refractivity (Wildman–Crippen MR) is 72.9 cm³/mol. The van der Waals surface area contributed by atoms with E-state index in [1.54, 1.807) is 0 Å². The van der Waals surface area contributed by atoms with Gasteiger partial charge in [-0.15, -0.1) is 6.58 Å². The van der Waals surface area contributed by atoms with Crippen molar-refractivity contribution in [2.45, 2.75) is 51.9 Å². The van der Waals surface area contributed by atoms with E-state index in [1.807, 2.05) is 6.08 Å². The summed E-state index contributed by atoms with van der Waals surface area (Å²) in [5.74, 6) is 0.640. The van der Waals surface area contributed by atoms with Gasteiger partial charge in [0.15, 0.2) is 0 Å². The Morgan fingerprint density at radius 3 is 2.31 bits per heavy atom. The van der Waals surface area contributed by atoms with Gasteiger partial charge < -0.3 is 0 Å². The molecular weight excluding hydrogens is 192 g/mol. The molecule has 0 unspecified atom stereocenters. The monoisotopic (exact) mass is 216 g/mol. The molecule has 1 rings (SSSR count). The van der Waals surface area contributed by atoms with Crippen LogP contribution in [0.25, 0.3) is 0 Å². The van der Waals surface area contributed by atoms with E-state index in [4.69, 9.17) is 0 Å². The van der Waals surface area contributed by atoms with Crippen molar-refractivity contribution in [3.63, 3.8) is 0 Å². The standard InChI is InChI=1S/C16H24/c1-4-5-6-7-8-9-15-10-12-16(13-11-15)14(2)3/h4,10-14H,1,5-9H2,2-3H3. The molecular formula is C16H24. The van der Waals surface area contributed by atoms with Gasteiger partial charge in [0.25, 0.3) is 0 Å². The molecule has 0 radical (unpaired) electrons. The molecule has 0 spiro atoms. The first kappa shape index (κ1) is 13.0. The Bertz CT molecular complexity index is 292. The quantitative estimate of drug-likeness (QED) is 0.439. The van der Waals surface area contributed by atoms with Crippen LogP contribution in [0.5, 0.6) is 0 Å². The summed E-state index contributed by atoms with van der Waals surface area (Å²) in [6.45, 7) is 8.22. The molecule has 0 fully saturated rings. The van der Waals surface area contributed by atoms with E-state index in [9.17, 15) is 0 Å². The van der Waals surface area contributed by atoms with E-state index in [1.165, 1.54) is 36.8 Å². The molecule has 88 valence electrons. The number of rotatable bonds is 7. The molecule has 0 heteroatoms. The molecule has 0 aliphatic heterocycles. The van der Waals surface area contributed by atoms with Crippen molar-refractivity contribution in [1.29, 1.82) is 0 Å². The van der Waals surface area contributed by atoms with Gasteiger partial charge in [-0.25, -0.2) is 0 Å². The number of hydrogen-bond acceptors (Lipinski definition) is 0. The van der Waals surface area contributed by atoms with Gasteiger partial charge in [-0.3, -0.25) is 0 Å². The highest BCUT2D eigenvalue weighted by Crippen LogP contribution is 2.16. The number of unbranched alkanes of at least 4 members (excludes halogenated alkanes) is 3. The summed E-state index contributed by atoms with van der Waals surface area (Å²) >= 11 is 0. The van der Waals surface area contributed by atoms with E-state index in [2.05, 4.69) is 44.7 Å². The van der Waals surface area contributed by atoms with E-state index < -0.39 is 0 Å². The predicted octanol–water partition coefficient (Wildman–Crippen LogP) is 5.10. The average Bonchev–Trinajstić information content (AvgIpc) is 2.29. The number of allylic oxidation sites excluding steroid dienone is 1. The summed E-state index contributed by atoms with van der Waals surface area (Å²) in [5, 5.41) is 0. The van der Waals surface area contributed by atoms with Crippen LogP contribution >= 0.6 is 0 Å². The van der Waals surface area contributed by atoms with Crippen LogP contribution in [0.3, 0.4) is 0 Å². The van der Waals surface area contributed by atoms with Gasteiger partial charge in [0.1, 0.15) is 0 Å². The van der Waals surface area contributed by atoms with Crippen LogP contribution in [-0.2, 0) is 6.42 Å². The lowest BCUT2D eigenvalue weighted by Crippen LogP contribution is -1.89. The van der Waals surface area contributed by atoms with Gasteiger partial charge in [-0.1, -0.05) is 50.6 Å². The zero-order valence-electron chi connectivity index (χ0n) is 10.7. The van der Waals surface area contributed by atoms with Gasteiger partial charge in [-0.2, -0.15) is 0 Å². The Morgan fingerprint density at radius 1 is 1.06 bits per heavy atom. The fourth-order valence-corrected chi connectivity index (χ4v) is 1.86. The maximum Gasteiger partial charge on any atom is -0.0219 e. The summed E-state index contributed by atoms with van der Waals surface area (Å²) in [6.07, 6.45) is 8.29. The van der Waals surface area contributed by atoms with E-state index in [0.29, 0.717) is 5.92 Å². The first-order chi connectivity index (χ1) is 7.74. The van der Waals surface area contributed by atoms with Crippen LogP contribution < -0.4 is 0 Å². The minimum absolute atomic E-state index is 0.640. The first-order valence-corrected chi connectivity index (χ1v) is 6.43. The fraction of sp³-hybridized carbons (Fsp3) is 0.500. The van der Waals surface area contributed by atoms with Crippen LogP contribution in [0.1, 0.15) is 56.6 Å². The molecule has 0 aliphatic rings. The van der Waals surface area contributed by atoms with Crippen LogP contribution in [0.15, 0.2) is 36.9 Å². The molecule has 1 aromatic rings. The minimum atomic E-state index is 0.640. The Labute approximate surface area is 100 Å². The van der Waals surface area contributed by atoms with Crippen LogP contribution in [0.2, 0.25) is 0 Å². The van der Waals surface area contributed by atoms with Crippen LogP contribution in [-0.4, -0.2) is 0 Å². The second-order valence-corrected chi connectivity index (χ2v) is 4.78. The zero-order valence-corrected chi connectivity index (χ0v) is 10.7. The summed E-state index contributed by atoms with van der Waals surface area (Å²) in [7, 11) is 0.